The molecule has 1 atom stereocenters. The lowest BCUT2D eigenvalue weighted by atomic mass is 9.87. The highest BCUT2D eigenvalue weighted by Crippen LogP contribution is 2.37. The Morgan fingerprint density at radius 1 is 1.00 bits per heavy atom. The fourth-order valence-electron chi connectivity index (χ4n) is 6.03. The largest absolute Gasteiger partial charge is 0.490 e. The number of hydrogen-bond acceptors (Lipinski definition) is 5. The van der Waals surface area contributed by atoms with Crippen molar-refractivity contribution in [1.82, 2.24) is 20.1 Å². The van der Waals surface area contributed by atoms with Crippen molar-refractivity contribution in [3.63, 3.8) is 0 Å². The number of piperidine rings is 1. The number of hydrogen-bond donors (Lipinski definition) is 2. The van der Waals surface area contributed by atoms with Gasteiger partial charge in [-0.15, -0.1) is 0 Å². The van der Waals surface area contributed by atoms with Gasteiger partial charge < -0.3 is 15.0 Å². The fourth-order valence-corrected chi connectivity index (χ4v) is 6.03. The molecule has 2 aliphatic rings. The maximum atomic E-state index is 6.25. The molecule has 1 unspecified atom stereocenters. The quantitative estimate of drug-likeness (QED) is 0.293. The molecule has 0 spiro atoms. The molecule has 2 aromatic carbocycles. The van der Waals surface area contributed by atoms with Crippen LogP contribution in [0.1, 0.15) is 50.1 Å². The van der Waals surface area contributed by atoms with E-state index in [2.05, 4.69) is 82.1 Å². The van der Waals surface area contributed by atoms with E-state index in [1.807, 2.05) is 12.3 Å². The van der Waals surface area contributed by atoms with Crippen molar-refractivity contribution in [1.29, 1.82) is 0 Å². The Morgan fingerprint density at radius 2 is 1.81 bits per heavy atom. The highest BCUT2D eigenvalue weighted by molar-refractivity contribution is 5.95. The second-order valence-electron chi connectivity index (χ2n) is 10.8. The summed E-state index contributed by atoms with van der Waals surface area (Å²) in [5.41, 5.74) is 5.44. The van der Waals surface area contributed by atoms with Gasteiger partial charge in [0.2, 0.25) is 0 Å². The second-order valence-corrected chi connectivity index (χ2v) is 10.8. The number of anilines is 1. The Balaban J connectivity index is 1.17. The van der Waals surface area contributed by atoms with Crippen LogP contribution in [0.4, 0.5) is 5.69 Å². The molecule has 2 N–H and O–H groups in total. The molecule has 192 valence electrons. The molecule has 1 aliphatic heterocycles. The van der Waals surface area contributed by atoms with Crippen LogP contribution in [0.2, 0.25) is 0 Å². The van der Waals surface area contributed by atoms with Crippen LogP contribution in [0.5, 0.6) is 5.75 Å². The van der Waals surface area contributed by atoms with Crippen LogP contribution in [-0.4, -0.2) is 52.9 Å². The van der Waals surface area contributed by atoms with E-state index in [4.69, 9.17) is 9.72 Å². The second kappa shape index (κ2) is 10.9. The van der Waals surface area contributed by atoms with Gasteiger partial charge in [0.15, 0.2) is 0 Å². The van der Waals surface area contributed by atoms with Gasteiger partial charge in [0.25, 0.3) is 0 Å². The molecule has 1 aliphatic carbocycles. The Labute approximate surface area is 219 Å². The summed E-state index contributed by atoms with van der Waals surface area (Å²) < 4.78 is 6.25. The summed E-state index contributed by atoms with van der Waals surface area (Å²) >= 11 is 0. The van der Waals surface area contributed by atoms with E-state index in [1.54, 1.807) is 0 Å². The van der Waals surface area contributed by atoms with E-state index in [-0.39, 0.29) is 0 Å². The lowest BCUT2D eigenvalue weighted by molar-refractivity contribution is 0.114. The average Bonchev–Trinajstić information content (AvgIpc) is 3.62. The third-order valence-corrected chi connectivity index (χ3v) is 8.22. The first kappa shape index (κ1) is 24.0. The predicted octanol–water partition coefficient (Wildman–Crippen LogP) is 6.48. The standard InChI is InChI=1S/C31H37N5O/c1-36-18-15-26(16-19-36)37-25-12-9-23(10-13-25)31-27-20-24(11-14-30(27)34-35-31)33-21-28(22-6-2-3-7-22)29-8-4-5-17-32-29/h4-5,8-14,17,20,22,26,28,33H,2-3,6-7,15-16,18-19,21H2,1H3,(H,34,35). The van der Waals surface area contributed by atoms with Crippen LogP contribution < -0.4 is 10.1 Å². The first-order valence-corrected chi connectivity index (χ1v) is 13.8. The Hall–Kier alpha value is -3.38. The summed E-state index contributed by atoms with van der Waals surface area (Å²) in [6.07, 6.45) is 9.66. The zero-order valence-electron chi connectivity index (χ0n) is 21.7. The van der Waals surface area contributed by atoms with Crippen molar-refractivity contribution in [2.75, 3.05) is 32.0 Å². The van der Waals surface area contributed by atoms with Crippen LogP contribution >= 0.6 is 0 Å². The number of fused-ring (bicyclic) bond motifs is 1. The lowest BCUT2D eigenvalue weighted by Gasteiger charge is -2.29. The van der Waals surface area contributed by atoms with Crippen molar-refractivity contribution >= 4 is 16.6 Å². The van der Waals surface area contributed by atoms with Crippen LogP contribution in [0.3, 0.4) is 0 Å². The summed E-state index contributed by atoms with van der Waals surface area (Å²) in [7, 11) is 2.18. The van der Waals surface area contributed by atoms with Gasteiger partial charge in [0, 0.05) is 54.1 Å². The van der Waals surface area contributed by atoms with Crippen molar-refractivity contribution in [2.45, 2.75) is 50.5 Å². The van der Waals surface area contributed by atoms with Gasteiger partial charge in [-0.05, 0) is 93.2 Å². The smallest absolute Gasteiger partial charge is 0.119 e. The van der Waals surface area contributed by atoms with Crippen molar-refractivity contribution in [3.8, 4) is 17.0 Å². The molecular formula is C31H37N5O. The van der Waals surface area contributed by atoms with Gasteiger partial charge in [-0.3, -0.25) is 10.1 Å². The number of H-pyrrole nitrogens is 1. The van der Waals surface area contributed by atoms with Gasteiger partial charge in [0.1, 0.15) is 11.9 Å². The normalized spacial score (nSPS) is 18.3. The number of ether oxygens (including phenoxy) is 1. The van der Waals surface area contributed by atoms with Crippen molar-refractivity contribution in [2.24, 2.45) is 5.92 Å². The molecule has 37 heavy (non-hydrogen) atoms. The molecule has 6 nitrogen and oxygen atoms in total. The number of aromatic nitrogens is 3. The molecule has 2 fully saturated rings. The Bertz CT molecular complexity index is 1290. The molecule has 4 aromatic rings. The number of nitrogens with one attached hydrogen (secondary N) is 2. The molecule has 0 amide bonds. The molecule has 6 heteroatoms. The van der Waals surface area contributed by atoms with Gasteiger partial charge in [-0.2, -0.15) is 5.10 Å². The van der Waals surface area contributed by atoms with Crippen LogP contribution in [0.15, 0.2) is 66.9 Å². The third-order valence-electron chi connectivity index (χ3n) is 8.22. The molecule has 1 saturated carbocycles. The minimum atomic E-state index is 0.307. The summed E-state index contributed by atoms with van der Waals surface area (Å²) in [5.74, 6) is 2.07. The third kappa shape index (κ3) is 5.49. The van der Waals surface area contributed by atoms with Gasteiger partial charge in [-0.1, -0.05) is 18.9 Å². The molecular weight excluding hydrogens is 458 g/mol. The maximum absolute atomic E-state index is 6.25. The number of pyridine rings is 1. The first-order chi connectivity index (χ1) is 18.2. The first-order valence-electron chi connectivity index (χ1n) is 13.8. The SMILES string of the molecule is CN1CCC(Oc2ccc(-c3n[nH]c4ccc(NCC(c5ccccn5)C5CCCC5)cc34)cc2)CC1. The summed E-state index contributed by atoms with van der Waals surface area (Å²) in [4.78, 5) is 7.07. The molecule has 0 bridgehead atoms. The molecule has 3 heterocycles. The van der Waals surface area contributed by atoms with E-state index in [0.717, 1.165) is 66.1 Å². The van der Waals surface area contributed by atoms with E-state index < -0.39 is 0 Å². The number of nitrogens with zero attached hydrogens (tertiary/aromatic N) is 3. The number of aromatic amines is 1. The topological polar surface area (TPSA) is 66.1 Å². The van der Waals surface area contributed by atoms with Crippen LogP contribution in [0.25, 0.3) is 22.2 Å². The van der Waals surface area contributed by atoms with Gasteiger partial charge >= 0.3 is 0 Å². The summed E-state index contributed by atoms with van der Waals surface area (Å²) in [6.45, 7) is 3.09. The monoisotopic (exact) mass is 495 g/mol. The molecule has 6 rings (SSSR count). The highest BCUT2D eigenvalue weighted by Gasteiger charge is 2.27. The van der Waals surface area contributed by atoms with Crippen LogP contribution in [-0.2, 0) is 0 Å². The average molecular weight is 496 g/mol. The van der Waals surface area contributed by atoms with E-state index >= 15 is 0 Å². The molecule has 1 saturated heterocycles. The van der Waals surface area contributed by atoms with Gasteiger partial charge in [-0.25, -0.2) is 0 Å². The summed E-state index contributed by atoms with van der Waals surface area (Å²) in [5, 5.41) is 12.7. The maximum Gasteiger partial charge on any atom is 0.119 e. The van der Waals surface area contributed by atoms with Crippen molar-refractivity contribution in [3.05, 3.63) is 72.6 Å². The zero-order chi connectivity index (χ0) is 25.0. The van der Waals surface area contributed by atoms with E-state index in [0.29, 0.717) is 17.9 Å². The minimum Gasteiger partial charge on any atom is -0.490 e. The minimum absolute atomic E-state index is 0.307. The molecule has 0 radical (unpaired) electrons. The highest BCUT2D eigenvalue weighted by atomic mass is 16.5. The van der Waals surface area contributed by atoms with E-state index in [9.17, 15) is 0 Å². The van der Waals surface area contributed by atoms with E-state index in [1.165, 1.54) is 31.4 Å². The van der Waals surface area contributed by atoms with Crippen molar-refractivity contribution < 1.29 is 4.74 Å². The number of rotatable bonds is 8. The van der Waals surface area contributed by atoms with Gasteiger partial charge in [0.05, 0.1) is 11.2 Å². The fraction of sp³-hybridized carbons (Fsp3) is 0.419. The Kier molecular flexibility index (Phi) is 7.09. The molecule has 2 aromatic heterocycles. The number of benzene rings is 2. The number of likely N-dealkylation sites (tertiary alicyclic amines) is 1. The summed E-state index contributed by atoms with van der Waals surface area (Å²) in [6, 6.07) is 21.2. The van der Waals surface area contributed by atoms with Crippen LogP contribution in [0, 0.1) is 5.92 Å². The zero-order valence-corrected chi connectivity index (χ0v) is 21.7. The Morgan fingerprint density at radius 3 is 2.57 bits per heavy atom. The predicted molar refractivity (Wildman–Crippen MR) is 150 cm³/mol. The lowest BCUT2D eigenvalue weighted by Crippen LogP contribution is -2.35.